The van der Waals surface area contributed by atoms with Crippen molar-refractivity contribution in [1.82, 2.24) is 14.8 Å². The summed E-state index contributed by atoms with van der Waals surface area (Å²) in [5.41, 5.74) is 4.73. The van der Waals surface area contributed by atoms with Crippen LogP contribution in [0, 0.1) is 20.8 Å². The van der Waals surface area contributed by atoms with Crippen LogP contribution in [0.5, 0.6) is 5.75 Å². The molecule has 7 heteroatoms. The van der Waals surface area contributed by atoms with Gasteiger partial charge in [0.2, 0.25) is 5.91 Å². The Kier molecular flexibility index (Phi) is 5.08. The molecule has 0 spiro atoms. The van der Waals surface area contributed by atoms with Crippen molar-refractivity contribution in [2.75, 3.05) is 12.4 Å². The Morgan fingerprint density at radius 2 is 1.92 bits per heavy atom. The number of carbonyl (C=O) groups excluding carboxylic acids is 1. The molecular formula is C19H22N4O2S. The van der Waals surface area contributed by atoms with Gasteiger partial charge in [-0.1, -0.05) is 0 Å². The predicted octanol–water partition coefficient (Wildman–Crippen LogP) is 3.66. The van der Waals surface area contributed by atoms with Gasteiger partial charge in [-0.05, 0) is 45.0 Å². The minimum absolute atomic E-state index is 0.0840. The molecule has 0 atom stereocenters. The number of amides is 1. The minimum atomic E-state index is -0.0840. The lowest BCUT2D eigenvalue weighted by atomic mass is 10.1. The monoisotopic (exact) mass is 370 g/mol. The van der Waals surface area contributed by atoms with E-state index >= 15 is 0 Å². The third-order valence-corrected chi connectivity index (χ3v) is 5.29. The number of hydrogen-bond donors (Lipinski definition) is 1. The van der Waals surface area contributed by atoms with Crippen LogP contribution in [0.3, 0.4) is 0 Å². The smallest absolute Gasteiger partial charge is 0.230 e. The standard InChI is InChI=1S/C19H22N4O2S/c1-11-16(12(2)23(4)22-11)10-17(24)20-19-21-18(13(3)26-19)14-6-8-15(25-5)9-7-14/h6-9H,10H2,1-5H3,(H,20,21,24). The first-order valence-corrected chi connectivity index (χ1v) is 9.11. The van der Waals surface area contributed by atoms with Crippen molar-refractivity contribution in [1.29, 1.82) is 0 Å². The maximum absolute atomic E-state index is 12.4. The van der Waals surface area contributed by atoms with E-state index in [-0.39, 0.29) is 5.91 Å². The van der Waals surface area contributed by atoms with E-state index < -0.39 is 0 Å². The summed E-state index contributed by atoms with van der Waals surface area (Å²) in [7, 11) is 3.53. The second-order valence-corrected chi connectivity index (χ2v) is 7.35. The number of thiazole rings is 1. The van der Waals surface area contributed by atoms with Crippen molar-refractivity contribution in [2.45, 2.75) is 27.2 Å². The summed E-state index contributed by atoms with van der Waals surface area (Å²) in [6.07, 6.45) is 0.294. The summed E-state index contributed by atoms with van der Waals surface area (Å²) in [5.74, 6) is 0.719. The molecule has 0 saturated carbocycles. The lowest BCUT2D eigenvalue weighted by molar-refractivity contribution is -0.115. The maximum Gasteiger partial charge on any atom is 0.230 e. The van der Waals surface area contributed by atoms with Gasteiger partial charge in [0.25, 0.3) is 0 Å². The minimum Gasteiger partial charge on any atom is -0.497 e. The first-order chi connectivity index (χ1) is 12.4. The van der Waals surface area contributed by atoms with Crippen molar-refractivity contribution in [2.24, 2.45) is 7.05 Å². The number of aromatic nitrogens is 3. The number of benzene rings is 1. The Labute approximate surface area is 156 Å². The van der Waals surface area contributed by atoms with Crippen LogP contribution in [-0.4, -0.2) is 27.8 Å². The van der Waals surface area contributed by atoms with Crippen LogP contribution in [-0.2, 0) is 18.3 Å². The number of nitrogens with one attached hydrogen (secondary N) is 1. The molecule has 0 radical (unpaired) electrons. The Balaban J connectivity index is 1.75. The average Bonchev–Trinajstić information content (AvgIpc) is 3.09. The third-order valence-electron chi connectivity index (χ3n) is 4.40. The fourth-order valence-corrected chi connectivity index (χ4v) is 3.72. The molecule has 0 unspecified atom stereocenters. The molecule has 2 heterocycles. The zero-order valence-electron chi connectivity index (χ0n) is 15.6. The van der Waals surface area contributed by atoms with Crippen molar-refractivity contribution in [3.05, 3.63) is 46.1 Å². The zero-order chi connectivity index (χ0) is 18.8. The van der Waals surface area contributed by atoms with Crippen LogP contribution in [0.2, 0.25) is 0 Å². The van der Waals surface area contributed by atoms with Crippen molar-refractivity contribution < 1.29 is 9.53 Å². The number of carbonyl (C=O) groups is 1. The molecule has 3 rings (SSSR count). The highest BCUT2D eigenvalue weighted by Crippen LogP contribution is 2.31. The van der Waals surface area contributed by atoms with Crippen LogP contribution < -0.4 is 10.1 Å². The first-order valence-electron chi connectivity index (χ1n) is 8.29. The number of aryl methyl sites for hydroxylation is 3. The predicted molar refractivity (Wildman–Crippen MR) is 104 cm³/mol. The fourth-order valence-electron chi connectivity index (χ4n) is 2.86. The van der Waals surface area contributed by atoms with E-state index in [1.807, 2.05) is 52.1 Å². The maximum atomic E-state index is 12.4. The summed E-state index contributed by atoms with van der Waals surface area (Å²) >= 11 is 1.48. The van der Waals surface area contributed by atoms with E-state index in [4.69, 9.17) is 4.74 Å². The van der Waals surface area contributed by atoms with Gasteiger partial charge >= 0.3 is 0 Å². The molecule has 3 aromatic rings. The van der Waals surface area contributed by atoms with Crippen LogP contribution in [0.4, 0.5) is 5.13 Å². The van der Waals surface area contributed by atoms with Crippen LogP contribution >= 0.6 is 11.3 Å². The van der Waals surface area contributed by atoms with E-state index in [1.165, 1.54) is 11.3 Å². The molecule has 0 aliphatic carbocycles. The molecule has 136 valence electrons. The molecular weight excluding hydrogens is 348 g/mol. The zero-order valence-corrected chi connectivity index (χ0v) is 16.4. The van der Waals surface area contributed by atoms with Crippen molar-refractivity contribution in [3.8, 4) is 17.0 Å². The SMILES string of the molecule is COc1ccc(-c2nc(NC(=O)Cc3c(C)nn(C)c3C)sc2C)cc1. The molecule has 6 nitrogen and oxygen atoms in total. The van der Waals surface area contributed by atoms with Gasteiger partial charge < -0.3 is 10.1 Å². The van der Waals surface area contributed by atoms with E-state index in [9.17, 15) is 4.79 Å². The van der Waals surface area contributed by atoms with Gasteiger partial charge in [-0.3, -0.25) is 9.48 Å². The van der Waals surface area contributed by atoms with E-state index in [0.29, 0.717) is 11.6 Å². The van der Waals surface area contributed by atoms with Gasteiger partial charge in [0.05, 0.1) is 24.9 Å². The van der Waals surface area contributed by atoms with Crippen molar-refractivity contribution >= 4 is 22.4 Å². The highest BCUT2D eigenvalue weighted by Gasteiger charge is 2.16. The van der Waals surface area contributed by atoms with Crippen LogP contribution in [0.25, 0.3) is 11.3 Å². The molecule has 26 heavy (non-hydrogen) atoms. The molecule has 0 bridgehead atoms. The van der Waals surface area contributed by atoms with Gasteiger partial charge in [-0.25, -0.2) is 4.98 Å². The highest BCUT2D eigenvalue weighted by atomic mass is 32.1. The second kappa shape index (κ2) is 7.29. The molecule has 0 aliphatic heterocycles. The largest absolute Gasteiger partial charge is 0.497 e. The summed E-state index contributed by atoms with van der Waals surface area (Å²) in [5, 5.41) is 7.88. The van der Waals surface area contributed by atoms with Crippen LogP contribution in [0.1, 0.15) is 21.8 Å². The number of methoxy groups -OCH3 is 1. The number of rotatable bonds is 5. The van der Waals surface area contributed by atoms with E-state index in [1.54, 1.807) is 11.8 Å². The second-order valence-electron chi connectivity index (χ2n) is 6.15. The summed E-state index contributed by atoms with van der Waals surface area (Å²) in [4.78, 5) is 18.1. The molecule has 2 aromatic heterocycles. The Bertz CT molecular complexity index is 941. The number of hydrogen-bond acceptors (Lipinski definition) is 5. The topological polar surface area (TPSA) is 69.0 Å². The summed E-state index contributed by atoms with van der Waals surface area (Å²) in [6, 6.07) is 7.74. The Morgan fingerprint density at radius 3 is 2.50 bits per heavy atom. The Hall–Kier alpha value is -2.67. The molecule has 0 aliphatic rings. The van der Waals surface area contributed by atoms with Gasteiger partial charge in [0.1, 0.15) is 5.75 Å². The lowest BCUT2D eigenvalue weighted by Crippen LogP contribution is -2.15. The lowest BCUT2D eigenvalue weighted by Gasteiger charge is -2.03. The first kappa shape index (κ1) is 18.1. The molecule has 0 fully saturated rings. The van der Waals surface area contributed by atoms with Crippen molar-refractivity contribution in [3.63, 3.8) is 0 Å². The molecule has 0 saturated heterocycles. The summed E-state index contributed by atoms with van der Waals surface area (Å²) < 4.78 is 6.99. The van der Waals surface area contributed by atoms with Gasteiger partial charge in [0, 0.05) is 28.7 Å². The summed E-state index contributed by atoms with van der Waals surface area (Å²) in [6.45, 7) is 5.89. The van der Waals surface area contributed by atoms with E-state index in [0.717, 1.165) is 38.8 Å². The van der Waals surface area contributed by atoms with Crippen LogP contribution in [0.15, 0.2) is 24.3 Å². The van der Waals surface area contributed by atoms with Gasteiger partial charge in [-0.2, -0.15) is 5.10 Å². The number of nitrogens with zero attached hydrogens (tertiary/aromatic N) is 3. The highest BCUT2D eigenvalue weighted by molar-refractivity contribution is 7.16. The quantitative estimate of drug-likeness (QED) is 0.744. The fraction of sp³-hybridized carbons (Fsp3) is 0.316. The normalized spacial score (nSPS) is 10.8. The third kappa shape index (κ3) is 3.62. The van der Waals surface area contributed by atoms with Gasteiger partial charge in [0.15, 0.2) is 5.13 Å². The van der Waals surface area contributed by atoms with E-state index in [2.05, 4.69) is 15.4 Å². The molecule has 1 N–H and O–H groups in total. The Morgan fingerprint density at radius 1 is 1.23 bits per heavy atom. The number of anilines is 1. The average molecular weight is 370 g/mol. The number of ether oxygens (including phenoxy) is 1. The van der Waals surface area contributed by atoms with Gasteiger partial charge in [-0.15, -0.1) is 11.3 Å². The molecule has 1 aromatic carbocycles. The molecule has 1 amide bonds.